The quantitative estimate of drug-likeness (QED) is 0.682. The maximum absolute atomic E-state index is 6.23. The van der Waals surface area contributed by atoms with E-state index >= 15 is 0 Å². The van der Waals surface area contributed by atoms with Gasteiger partial charge in [-0.3, -0.25) is 0 Å². The Balaban J connectivity index is 1.79. The van der Waals surface area contributed by atoms with Gasteiger partial charge in [0.25, 0.3) is 0 Å². The smallest absolute Gasteiger partial charge is 0.124 e. The number of benzene rings is 1. The number of hydrogen-bond acceptors (Lipinski definition) is 4. The molecule has 18 heavy (non-hydrogen) atoms. The highest BCUT2D eigenvalue weighted by Gasteiger charge is 2.41. The Morgan fingerprint density at radius 3 is 2.67 bits per heavy atom. The van der Waals surface area contributed by atoms with Gasteiger partial charge in [0, 0.05) is 31.3 Å². The van der Waals surface area contributed by atoms with Crippen LogP contribution in [-0.2, 0) is 10.3 Å². The molecule has 0 aliphatic heterocycles. The first kappa shape index (κ1) is 13.3. The standard InChI is InChI=1S/C14H22N2O2/c1-17-10-8-16-9-11-18-13-5-3-2-4-12(13)14(15)6-7-14/h2-5,16H,6-11,15H2,1H3. The van der Waals surface area contributed by atoms with Crippen LogP contribution in [0.4, 0.5) is 0 Å². The fraction of sp³-hybridized carbons (Fsp3) is 0.571. The third-order valence-corrected chi connectivity index (χ3v) is 3.23. The molecule has 1 fully saturated rings. The predicted octanol–water partition coefficient (Wildman–Crippen LogP) is 1.25. The van der Waals surface area contributed by atoms with Crippen molar-refractivity contribution in [1.29, 1.82) is 0 Å². The van der Waals surface area contributed by atoms with Crippen molar-refractivity contribution in [3.8, 4) is 5.75 Å². The molecule has 2 rings (SSSR count). The molecule has 3 N–H and O–H groups in total. The zero-order chi connectivity index (χ0) is 12.8. The van der Waals surface area contributed by atoms with Crippen LogP contribution in [-0.4, -0.2) is 33.4 Å². The third-order valence-electron chi connectivity index (χ3n) is 3.23. The number of ether oxygens (including phenoxy) is 2. The van der Waals surface area contributed by atoms with Crippen LogP contribution in [0.5, 0.6) is 5.75 Å². The fourth-order valence-corrected chi connectivity index (χ4v) is 1.94. The normalized spacial score (nSPS) is 16.6. The number of nitrogens with one attached hydrogen (secondary N) is 1. The first-order chi connectivity index (χ1) is 8.76. The number of para-hydroxylation sites is 1. The molecule has 0 aromatic heterocycles. The molecule has 0 unspecified atom stereocenters. The molecule has 4 heteroatoms. The van der Waals surface area contributed by atoms with E-state index in [1.165, 1.54) is 0 Å². The summed E-state index contributed by atoms with van der Waals surface area (Å²) in [6.07, 6.45) is 2.11. The summed E-state index contributed by atoms with van der Waals surface area (Å²) < 4.78 is 10.8. The molecule has 1 saturated carbocycles. The maximum atomic E-state index is 6.23. The van der Waals surface area contributed by atoms with Crippen LogP contribution in [0, 0.1) is 0 Å². The van der Waals surface area contributed by atoms with Gasteiger partial charge in [-0.25, -0.2) is 0 Å². The average Bonchev–Trinajstić information content (AvgIpc) is 3.13. The summed E-state index contributed by atoms with van der Waals surface area (Å²) in [5, 5.41) is 3.25. The highest BCUT2D eigenvalue weighted by Crippen LogP contribution is 2.46. The van der Waals surface area contributed by atoms with Crippen LogP contribution >= 0.6 is 0 Å². The summed E-state index contributed by atoms with van der Waals surface area (Å²) in [7, 11) is 1.70. The van der Waals surface area contributed by atoms with Crippen molar-refractivity contribution in [3.63, 3.8) is 0 Å². The highest BCUT2D eigenvalue weighted by molar-refractivity contribution is 5.42. The van der Waals surface area contributed by atoms with Gasteiger partial charge < -0.3 is 20.5 Å². The molecular weight excluding hydrogens is 228 g/mol. The molecule has 0 bridgehead atoms. The van der Waals surface area contributed by atoms with E-state index < -0.39 is 0 Å². The Hall–Kier alpha value is -1.10. The maximum Gasteiger partial charge on any atom is 0.124 e. The van der Waals surface area contributed by atoms with E-state index in [1.807, 2.05) is 18.2 Å². The Labute approximate surface area is 108 Å². The van der Waals surface area contributed by atoms with E-state index in [1.54, 1.807) is 7.11 Å². The topological polar surface area (TPSA) is 56.5 Å². The Morgan fingerprint density at radius 2 is 1.94 bits per heavy atom. The van der Waals surface area contributed by atoms with Crippen LogP contribution in [0.1, 0.15) is 18.4 Å². The summed E-state index contributed by atoms with van der Waals surface area (Å²) in [4.78, 5) is 0. The molecule has 0 radical (unpaired) electrons. The van der Waals surface area contributed by atoms with E-state index in [2.05, 4.69) is 11.4 Å². The second-order valence-electron chi connectivity index (χ2n) is 4.74. The summed E-state index contributed by atoms with van der Waals surface area (Å²) in [6.45, 7) is 3.04. The first-order valence-corrected chi connectivity index (χ1v) is 6.47. The minimum atomic E-state index is -0.139. The van der Waals surface area contributed by atoms with Crippen LogP contribution in [0.3, 0.4) is 0 Å². The number of methoxy groups -OCH3 is 1. The summed E-state index contributed by atoms with van der Waals surface area (Å²) in [6, 6.07) is 8.08. The van der Waals surface area contributed by atoms with Crippen LogP contribution in [0.2, 0.25) is 0 Å². The SMILES string of the molecule is COCCNCCOc1ccccc1C1(N)CC1. The molecule has 1 aliphatic carbocycles. The van der Waals surface area contributed by atoms with Gasteiger partial charge in [-0.05, 0) is 18.9 Å². The number of rotatable bonds is 8. The van der Waals surface area contributed by atoms with Gasteiger partial charge in [0.05, 0.1) is 6.61 Å². The monoisotopic (exact) mass is 250 g/mol. The van der Waals surface area contributed by atoms with E-state index in [-0.39, 0.29) is 5.54 Å². The molecule has 4 nitrogen and oxygen atoms in total. The first-order valence-electron chi connectivity index (χ1n) is 6.47. The Bertz CT molecular complexity index is 378. The van der Waals surface area contributed by atoms with Gasteiger partial charge in [-0.1, -0.05) is 18.2 Å². The second kappa shape index (κ2) is 6.18. The molecule has 0 spiro atoms. The van der Waals surface area contributed by atoms with Crippen LogP contribution < -0.4 is 15.8 Å². The van der Waals surface area contributed by atoms with Gasteiger partial charge >= 0.3 is 0 Å². The lowest BCUT2D eigenvalue weighted by atomic mass is 10.1. The van der Waals surface area contributed by atoms with E-state index in [9.17, 15) is 0 Å². The molecule has 1 aromatic carbocycles. The number of hydrogen-bond donors (Lipinski definition) is 2. The minimum absolute atomic E-state index is 0.139. The second-order valence-corrected chi connectivity index (χ2v) is 4.74. The third kappa shape index (κ3) is 3.45. The van der Waals surface area contributed by atoms with Gasteiger partial charge in [0.15, 0.2) is 0 Å². The van der Waals surface area contributed by atoms with Crippen LogP contribution in [0.15, 0.2) is 24.3 Å². The van der Waals surface area contributed by atoms with E-state index in [0.29, 0.717) is 6.61 Å². The molecule has 0 saturated heterocycles. The van der Waals surface area contributed by atoms with Gasteiger partial charge in [0.2, 0.25) is 0 Å². The number of nitrogens with two attached hydrogens (primary N) is 1. The molecular formula is C14H22N2O2. The van der Waals surface area contributed by atoms with Gasteiger partial charge in [-0.2, -0.15) is 0 Å². The van der Waals surface area contributed by atoms with Crippen LogP contribution in [0.25, 0.3) is 0 Å². The van der Waals surface area contributed by atoms with E-state index in [0.717, 1.165) is 43.9 Å². The zero-order valence-electron chi connectivity index (χ0n) is 10.9. The van der Waals surface area contributed by atoms with Crippen molar-refractivity contribution in [2.75, 3.05) is 33.4 Å². The Kier molecular flexibility index (Phi) is 4.58. The lowest BCUT2D eigenvalue weighted by Gasteiger charge is -2.16. The summed E-state index contributed by atoms with van der Waals surface area (Å²) in [5.74, 6) is 0.922. The zero-order valence-corrected chi connectivity index (χ0v) is 10.9. The fourth-order valence-electron chi connectivity index (χ4n) is 1.94. The Morgan fingerprint density at radius 1 is 1.22 bits per heavy atom. The van der Waals surface area contributed by atoms with Crippen molar-refractivity contribution in [3.05, 3.63) is 29.8 Å². The van der Waals surface area contributed by atoms with E-state index in [4.69, 9.17) is 15.2 Å². The molecule has 0 amide bonds. The largest absolute Gasteiger partial charge is 0.492 e. The molecule has 1 aromatic rings. The van der Waals surface area contributed by atoms with Gasteiger partial charge in [0.1, 0.15) is 12.4 Å². The van der Waals surface area contributed by atoms with Crippen molar-refractivity contribution in [1.82, 2.24) is 5.32 Å². The molecule has 0 heterocycles. The van der Waals surface area contributed by atoms with Gasteiger partial charge in [-0.15, -0.1) is 0 Å². The molecule has 1 aliphatic rings. The van der Waals surface area contributed by atoms with Crippen molar-refractivity contribution in [2.24, 2.45) is 5.73 Å². The molecule has 100 valence electrons. The lowest BCUT2D eigenvalue weighted by molar-refractivity contribution is 0.196. The molecule has 0 atom stereocenters. The van der Waals surface area contributed by atoms with Crippen molar-refractivity contribution >= 4 is 0 Å². The van der Waals surface area contributed by atoms with Crippen molar-refractivity contribution < 1.29 is 9.47 Å². The summed E-state index contributed by atoms with van der Waals surface area (Å²) in [5.41, 5.74) is 7.23. The summed E-state index contributed by atoms with van der Waals surface area (Å²) >= 11 is 0. The van der Waals surface area contributed by atoms with Crippen molar-refractivity contribution in [2.45, 2.75) is 18.4 Å². The average molecular weight is 250 g/mol. The highest BCUT2D eigenvalue weighted by atomic mass is 16.5. The predicted molar refractivity (Wildman–Crippen MR) is 71.8 cm³/mol. The minimum Gasteiger partial charge on any atom is -0.492 e. The lowest BCUT2D eigenvalue weighted by Crippen LogP contribution is -2.25.